The number of hydrogen-bond acceptors (Lipinski definition) is 5. The number of rotatable bonds is 2. The summed E-state index contributed by atoms with van der Waals surface area (Å²) in [4.78, 5) is 16.6. The number of amides is 1. The maximum atomic E-state index is 13.5. The van der Waals surface area contributed by atoms with Crippen molar-refractivity contribution in [1.82, 2.24) is 10.2 Å². The molecule has 2 aromatic rings. The van der Waals surface area contributed by atoms with Gasteiger partial charge in [0.1, 0.15) is 12.1 Å². The molecule has 2 atom stereocenters. The molecule has 164 valence electrons. The highest BCUT2D eigenvalue weighted by Crippen LogP contribution is 2.39. The number of carbonyl (C=O) groups excluding carboxylic acids is 1. The summed E-state index contributed by atoms with van der Waals surface area (Å²) >= 11 is 6.27. The molecule has 4 rings (SSSR count). The molecule has 2 aromatic carbocycles. The zero-order valence-corrected chi connectivity index (χ0v) is 17.6. The average Bonchev–Trinajstić information content (AvgIpc) is 3.11. The van der Waals surface area contributed by atoms with Crippen LogP contribution in [0.15, 0.2) is 30.3 Å². The topological polar surface area (TPSA) is 83.2 Å². The fraction of sp³-hybridized carbons (Fsp3) is 0.318. The van der Waals surface area contributed by atoms with Gasteiger partial charge in [-0.05, 0) is 42.3 Å². The van der Waals surface area contributed by atoms with E-state index in [-0.39, 0.29) is 17.6 Å². The Bertz CT molecular complexity index is 1180. The van der Waals surface area contributed by atoms with Crippen molar-refractivity contribution < 1.29 is 18.0 Å². The molecule has 1 amide bonds. The van der Waals surface area contributed by atoms with Crippen LogP contribution in [0.2, 0.25) is 5.02 Å². The van der Waals surface area contributed by atoms with Crippen LogP contribution in [-0.2, 0) is 11.0 Å². The van der Waals surface area contributed by atoms with Crippen LogP contribution in [0, 0.1) is 29.6 Å². The summed E-state index contributed by atoms with van der Waals surface area (Å²) in [6, 6.07) is 9.39. The van der Waals surface area contributed by atoms with Gasteiger partial charge in [0, 0.05) is 24.8 Å². The van der Waals surface area contributed by atoms with E-state index in [1.165, 1.54) is 12.1 Å². The molecule has 2 aliphatic rings. The molecule has 0 aromatic heterocycles. The predicted molar refractivity (Wildman–Crippen MR) is 111 cm³/mol. The molecule has 0 saturated carbocycles. The van der Waals surface area contributed by atoms with E-state index in [9.17, 15) is 18.0 Å². The number of nitrogens with zero attached hydrogens (tertiary/aromatic N) is 4. The molecular weight excluding hydrogens is 443 g/mol. The van der Waals surface area contributed by atoms with Gasteiger partial charge in [-0.2, -0.15) is 23.7 Å². The first kappa shape index (κ1) is 22.1. The van der Waals surface area contributed by atoms with Crippen molar-refractivity contribution in [3.05, 3.63) is 63.2 Å². The van der Waals surface area contributed by atoms with Gasteiger partial charge in [-0.15, -0.1) is 0 Å². The molecule has 6 nitrogen and oxygen atoms in total. The number of nitrogens with one attached hydrogen (secondary N) is 1. The summed E-state index contributed by atoms with van der Waals surface area (Å²) in [5.41, 5.74) is 0.385. The molecule has 0 spiro atoms. The van der Waals surface area contributed by atoms with Gasteiger partial charge in [-0.1, -0.05) is 17.7 Å². The normalized spacial score (nSPS) is 21.2. The molecule has 2 aliphatic heterocycles. The number of carbonyl (C=O) groups is 1. The van der Waals surface area contributed by atoms with Gasteiger partial charge in [0.2, 0.25) is 5.91 Å². The van der Waals surface area contributed by atoms with Gasteiger partial charge in [0.05, 0.1) is 34.5 Å². The lowest BCUT2D eigenvalue weighted by molar-refractivity contribution is -0.138. The molecule has 10 heteroatoms. The summed E-state index contributed by atoms with van der Waals surface area (Å²) in [5.74, 6) is -0.198. The van der Waals surface area contributed by atoms with Crippen LogP contribution in [0.3, 0.4) is 0 Å². The second kappa shape index (κ2) is 8.10. The second-order valence-corrected chi connectivity index (χ2v) is 8.09. The van der Waals surface area contributed by atoms with Crippen molar-refractivity contribution in [3.63, 3.8) is 0 Å². The Balaban J connectivity index is 1.71. The molecule has 2 heterocycles. The van der Waals surface area contributed by atoms with Crippen LogP contribution in [0.5, 0.6) is 0 Å². The summed E-state index contributed by atoms with van der Waals surface area (Å²) < 4.78 is 40.4. The Kier molecular flexibility index (Phi) is 5.59. The minimum Gasteiger partial charge on any atom is -0.313 e. The predicted octanol–water partition coefficient (Wildman–Crippen LogP) is 3.73. The quantitative estimate of drug-likeness (QED) is 0.740. The van der Waals surface area contributed by atoms with E-state index in [2.05, 4.69) is 5.32 Å². The molecule has 2 fully saturated rings. The maximum absolute atomic E-state index is 13.5. The van der Waals surface area contributed by atoms with E-state index < -0.39 is 29.4 Å². The molecular formula is C22H17ClF3N5O. The number of nitriles is 2. The summed E-state index contributed by atoms with van der Waals surface area (Å²) in [6.45, 7) is 2.60. The Labute approximate surface area is 187 Å². The second-order valence-electron chi connectivity index (χ2n) is 7.71. The van der Waals surface area contributed by atoms with E-state index >= 15 is 0 Å². The third-order valence-corrected chi connectivity index (χ3v) is 6.44. The highest BCUT2D eigenvalue weighted by Gasteiger charge is 2.46. The fourth-order valence-electron chi connectivity index (χ4n) is 4.31. The zero-order chi connectivity index (χ0) is 23.2. The molecule has 0 aliphatic carbocycles. The third kappa shape index (κ3) is 3.59. The van der Waals surface area contributed by atoms with Crippen LogP contribution in [0.25, 0.3) is 0 Å². The smallest absolute Gasteiger partial charge is 0.313 e. The standard InChI is InChI=1S/C22H17ClF3N5O/c1-12-17(5-4-15(8-28)20(12)23)31-11-30-18(9-29-10-19(30)21(31)32)13-2-3-14(7-27)16(6-13)22(24,25)26/h2-6,18-19,29H,9-11H2,1H3. The molecule has 0 bridgehead atoms. The number of alkyl halides is 3. The first-order valence-corrected chi connectivity index (χ1v) is 10.1. The number of anilines is 1. The van der Waals surface area contributed by atoms with Crippen molar-refractivity contribution in [3.8, 4) is 12.1 Å². The first-order valence-electron chi connectivity index (χ1n) is 9.75. The van der Waals surface area contributed by atoms with Crippen LogP contribution < -0.4 is 10.2 Å². The first-order chi connectivity index (χ1) is 15.2. The number of fused-ring (bicyclic) bond motifs is 1. The Morgan fingerprint density at radius 2 is 1.75 bits per heavy atom. The number of benzene rings is 2. The highest BCUT2D eigenvalue weighted by molar-refractivity contribution is 6.33. The van der Waals surface area contributed by atoms with Gasteiger partial charge < -0.3 is 5.32 Å². The van der Waals surface area contributed by atoms with Gasteiger partial charge in [0.25, 0.3) is 0 Å². The third-order valence-electron chi connectivity index (χ3n) is 5.96. The van der Waals surface area contributed by atoms with Gasteiger partial charge in [-0.25, -0.2) is 0 Å². The van der Waals surface area contributed by atoms with E-state index in [1.807, 2.05) is 11.0 Å². The monoisotopic (exact) mass is 459 g/mol. The SMILES string of the molecule is Cc1c(N2CN3C(CNCC3c3ccc(C#N)c(C(F)(F)F)c3)C2=O)ccc(C#N)c1Cl. The van der Waals surface area contributed by atoms with Crippen LogP contribution in [-0.4, -0.2) is 36.6 Å². The van der Waals surface area contributed by atoms with E-state index in [4.69, 9.17) is 22.1 Å². The van der Waals surface area contributed by atoms with Crippen molar-refractivity contribution in [2.75, 3.05) is 24.7 Å². The minimum absolute atomic E-state index is 0.167. The number of halogens is 4. The average molecular weight is 460 g/mol. The van der Waals surface area contributed by atoms with Crippen LogP contribution in [0.1, 0.15) is 33.9 Å². The molecule has 32 heavy (non-hydrogen) atoms. The lowest BCUT2D eigenvalue weighted by atomic mass is 9.96. The number of hydrogen-bond donors (Lipinski definition) is 1. The lowest BCUT2D eigenvalue weighted by Crippen LogP contribution is -2.51. The summed E-state index contributed by atoms with van der Waals surface area (Å²) in [5, 5.41) is 21.6. The molecule has 1 N–H and O–H groups in total. The van der Waals surface area contributed by atoms with Gasteiger partial charge >= 0.3 is 6.18 Å². The van der Waals surface area contributed by atoms with Gasteiger partial charge in [0.15, 0.2) is 0 Å². The van der Waals surface area contributed by atoms with E-state index in [0.29, 0.717) is 35.5 Å². The van der Waals surface area contributed by atoms with Crippen molar-refractivity contribution in [2.24, 2.45) is 0 Å². The molecule has 2 saturated heterocycles. The maximum Gasteiger partial charge on any atom is 0.417 e. The number of piperazine rings is 1. The van der Waals surface area contributed by atoms with Crippen molar-refractivity contribution in [1.29, 1.82) is 10.5 Å². The van der Waals surface area contributed by atoms with Crippen molar-refractivity contribution in [2.45, 2.75) is 25.2 Å². The Hall–Kier alpha value is -3.11. The minimum atomic E-state index is -4.66. The lowest BCUT2D eigenvalue weighted by Gasteiger charge is -2.36. The Morgan fingerprint density at radius 3 is 2.41 bits per heavy atom. The fourth-order valence-corrected chi connectivity index (χ4v) is 4.51. The largest absolute Gasteiger partial charge is 0.417 e. The van der Waals surface area contributed by atoms with E-state index in [1.54, 1.807) is 30.0 Å². The Morgan fingerprint density at radius 1 is 1.09 bits per heavy atom. The highest BCUT2D eigenvalue weighted by atomic mass is 35.5. The molecule has 2 unspecified atom stereocenters. The van der Waals surface area contributed by atoms with Gasteiger partial charge in [-0.3, -0.25) is 14.6 Å². The molecule has 0 radical (unpaired) electrons. The van der Waals surface area contributed by atoms with Crippen LogP contribution >= 0.6 is 11.6 Å². The summed E-state index contributed by atoms with van der Waals surface area (Å²) in [6.07, 6.45) is -4.66. The van der Waals surface area contributed by atoms with Crippen LogP contribution in [0.4, 0.5) is 18.9 Å². The van der Waals surface area contributed by atoms with E-state index in [0.717, 1.165) is 6.07 Å². The zero-order valence-electron chi connectivity index (χ0n) is 16.9. The summed E-state index contributed by atoms with van der Waals surface area (Å²) in [7, 11) is 0. The van der Waals surface area contributed by atoms with Crippen molar-refractivity contribution >= 4 is 23.2 Å².